The van der Waals surface area contributed by atoms with Crippen molar-refractivity contribution in [3.8, 4) is 0 Å². The lowest BCUT2D eigenvalue weighted by atomic mass is 9.61. The molecule has 11 nitrogen and oxygen atoms in total. The molecule has 5 heterocycles. The standard InChI is InChI=1S/C31H38O11/c1-12-20-23-22(13(2)27(37)39-23)41-31-24(20)29(6,25(12)35)7-8-30(42-31)11-15-16(28(4,5)40-17(15)10-19(33)34)9-18(38-14(3)32)21(30)26(31)36/h12-13,17-18,20-24H,7-11H2,1-6H3,(H,33,34). The summed E-state index contributed by atoms with van der Waals surface area (Å²) in [7, 11) is 0. The van der Waals surface area contributed by atoms with E-state index in [9.17, 15) is 24.3 Å². The Morgan fingerprint density at radius 3 is 2.38 bits per heavy atom. The molecule has 0 radical (unpaired) electrons. The fourth-order valence-electron chi connectivity index (χ4n) is 10.0. The van der Waals surface area contributed by atoms with Crippen LogP contribution >= 0.6 is 0 Å². The molecule has 1 saturated carbocycles. The van der Waals surface area contributed by atoms with Gasteiger partial charge in [0, 0.05) is 42.9 Å². The van der Waals surface area contributed by atoms with Crippen LogP contribution in [-0.2, 0) is 47.7 Å². The quantitative estimate of drug-likeness (QED) is 0.384. The Morgan fingerprint density at radius 2 is 1.71 bits per heavy atom. The molecular weight excluding hydrogens is 548 g/mol. The highest BCUT2D eigenvalue weighted by Crippen LogP contribution is 2.70. The number of ether oxygens (including phenoxy) is 5. The van der Waals surface area contributed by atoms with E-state index in [1.165, 1.54) is 6.92 Å². The molecule has 0 amide bonds. The Bertz CT molecular complexity index is 1360. The molecule has 11 heteroatoms. The zero-order valence-corrected chi connectivity index (χ0v) is 24.8. The molecule has 7 rings (SSSR count). The highest BCUT2D eigenvalue weighted by Gasteiger charge is 2.82. The maximum absolute atomic E-state index is 15.0. The maximum atomic E-state index is 15.0. The van der Waals surface area contributed by atoms with Gasteiger partial charge in [-0.1, -0.05) is 13.8 Å². The first-order chi connectivity index (χ1) is 19.6. The van der Waals surface area contributed by atoms with Crippen LogP contribution in [0.4, 0.5) is 0 Å². The van der Waals surface area contributed by atoms with E-state index in [-0.39, 0.29) is 30.8 Å². The Hall–Kier alpha value is -2.63. The summed E-state index contributed by atoms with van der Waals surface area (Å²) in [5, 5.41) is 9.72. The topological polar surface area (TPSA) is 152 Å². The first-order valence-electron chi connectivity index (χ1n) is 15.0. The molecule has 4 saturated heterocycles. The highest BCUT2D eigenvalue weighted by atomic mass is 16.7. The van der Waals surface area contributed by atoms with Crippen LogP contribution in [0.5, 0.6) is 0 Å². The van der Waals surface area contributed by atoms with Gasteiger partial charge in [0.2, 0.25) is 11.6 Å². The van der Waals surface area contributed by atoms with Crippen LogP contribution in [0.25, 0.3) is 0 Å². The Morgan fingerprint density at radius 1 is 1.00 bits per heavy atom. The number of aliphatic carboxylic acids is 1. The number of ketones is 2. The molecule has 228 valence electrons. The van der Waals surface area contributed by atoms with Gasteiger partial charge < -0.3 is 28.8 Å². The van der Waals surface area contributed by atoms with Crippen molar-refractivity contribution in [2.24, 2.45) is 35.0 Å². The molecule has 42 heavy (non-hydrogen) atoms. The summed E-state index contributed by atoms with van der Waals surface area (Å²) in [6.45, 7) is 10.4. The average Bonchev–Trinajstić information content (AvgIpc) is 3.38. The van der Waals surface area contributed by atoms with E-state index in [0.29, 0.717) is 12.8 Å². The van der Waals surface area contributed by atoms with Crippen molar-refractivity contribution in [2.75, 3.05) is 0 Å². The van der Waals surface area contributed by atoms with Crippen molar-refractivity contribution in [2.45, 2.75) is 115 Å². The zero-order valence-electron chi connectivity index (χ0n) is 24.8. The molecule has 5 fully saturated rings. The minimum atomic E-state index is -1.85. The van der Waals surface area contributed by atoms with E-state index in [1.807, 2.05) is 27.7 Å². The summed E-state index contributed by atoms with van der Waals surface area (Å²) in [6, 6.07) is 0. The highest BCUT2D eigenvalue weighted by molar-refractivity contribution is 5.98. The normalized spacial score (nSPS) is 49.9. The SMILES string of the molecule is CC(=O)OC1CC2=C(CC34CCC5(C)C(=O)C(C)C6C7OC(=O)C(C)C7OC(O3)(C(=O)C14)C65)C(CC(=O)O)OC2(C)C. The summed E-state index contributed by atoms with van der Waals surface area (Å²) in [6.07, 6.45) is -2.35. The zero-order chi connectivity index (χ0) is 30.3. The maximum Gasteiger partial charge on any atom is 0.311 e. The molecule has 0 aromatic carbocycles. The number of Topliss-reactive ketones (excluding diaryl/α,β-unsaturated/α-hetero) is 2. The molecule has 12 atom stereocenters. The van der Waals surface area contributed by atoms with Crippen LogP contribution in [0.15, 0.2) is 11.1 Å². The van der Waals surface area contributed by atoms with Crippen molar-refractivity contribution in [1.29, 1.82) is 0 Å². The van der Waals surface area contributed by atoms with Gasteiger partial charge in [-0.3, -0.25) is 24.0 Å². The third kappa shape index (κ3) is 3.36. The summed E-state index contributed by atoms with van der Waals surface area (Å²) in [5.41, 5.74) is -1.53. The molecule has 7 aliphatic rings. The molecular formula is C31H38O11. The van der Waals surface area contributed by atoms with Crippen LogP contribution in [0.2, 0.25) is 0 Å². The predicted octanol–water partition coefficient (Wildman–Crippen LogP) is 2.52. The lowest BCUT2D eigenvalue weighted by Gasteiger charge is -2.50. The van der Waals surface area contributed by atoms with E-state index in [0.717, 1.165) is 11.1 Å². The number of hydrogen-bond donors (Lipinski definition) is 1. The van der Waals surface area contributed by atoms with Gasteiger partial charge in [0.05, 0.1) is 35.6 Å². The first kappa shape index (κ1) is 28.2. The van der Waals surface area contributed by atoms with Crippen LogP contribution in [0, 0.1) is 35.0 Å². The van der Waals surface area contributed by atoms with Crippen LogP contribution in [0.1, 0.15) is 73.6 Å². The summed E-state index contributed by atoms with van der Waals surface area (Å²) in [4.78, 5) is 66.2. The van der Waals surface area contributed by atoms with E-state index < -0.39 is 94.3 Å². The van der Waals surface area contributed by atoms with Gasteiger partial charge in [-0.25, -0.2) is 0 Å². The summed E-state index contributed by atoms with van der Waals surface area (Å²) in [5.74, 6) is -7.50. The molecule has 1 N–H and O–H groups in total. The van der Waals surface area contributed by atoms with Crippen molar-refractivity contribution in [1.82, 2.24) is 0 Å². The van der Waals surface area contributed by atoms with E-state index in [4.69, 9.17) is 23.7 Å². The molecule has 12 unspecified atom stereocenters. The number of carbonyl (C=O) groups excluding carboxylic acids is 4. The number of carbonyl (C=O) groups is 5. The number of carboxylic acid groups (broad SMARTS) is 1. The Kier molecular flexibility index (Phi) is 5.70. The minimum absolute atomic E-state index is 0.00669. The van der Waals surface area contributed by atoms with Crippen LogP contribution in [0.3, 0.4) is 0 Å². The third-order valence-electron chi connectivity index (χ3n) is 11.7. The summed E-state index contributed by atoms with van der Waals surface area (Å²) < 4.78 is 31.7. The number of rotatable bonds is 3. The van der Waals surface area contributed by atoms with Crippen molar-refractivity contribution < 1.29 is 52.8 Å². The molecule has 0 aromatic heterocycles. The molecule has 0 aromatic rings. The van der Waals surface area contributed by atoms with Crippen molar-refractivity contribution in [3.63, 3.8) is 0 Å². The summed E-state index contributed by atoms with van der Waals surface area (Å²) >= 11 is 0. The number of fused-ring (bicyclic) bond motifs is 2. The van der Waals surface area contributed by atoms with Crippen molar-refractivity contribution in [3.05, 3.63) is 11.1 Å². The van der Waals surface area contributed by atoms with Crippen molar-refractivity contribution >= 4 is 29.5 Å². The average molecular weight is 587 g/mol. The first-order valence-corrected chi connectivity index (χ1v) is 15.0. The predicted molar refractivity (Wildman–Crippen MR) is 140 cm³/mol. The number of esters is 2. The largest absolute Gasteiger partial charge is 0.481 e. The van der Waals surface area contributed by atoms with Gasteiger partial charge in [0.1, 0.15) is 24.1 Å². The van der Waals surface area contributed by atoms with Gasteiger partial charge in [-0.05, 0) is 44.8 Å². The van der Waals surface area contributed by atoms with E-state index in [1.54, 1.807) is 6.92 Å². The van der Waals surface area contributed by atoms with Gasteiger partial charge in [0.25, 0.3) is 0 Å². The Balaban J connectivity index is 1.42. The van der Waals surface area contributed by atoms with Gasteiger partial charge >= 0.3 is 17.9 Å². The number of hydrogen-bond acceptors (Lipinski definition) is 10. The smallest absolute Gasteiger partial charge is 0.311 e. The fraction of sp³-hybridized carbons (Fsp3) is 0.774. The van der Waals surface area contributed by atoms with Crippen LogP contribution in [-0.4, -0.2) is 76.0 Å². The third-order valence-corrected chi connectivity index (χ3v) is 11.7. The van der Waals surface area contributed by atoms with Gasteiger partial charge in [0.15, 0.2) is 0 Å². The van der Waals surface area contributed by atoms with E-state index in [2.05, 4.69) is 0 Å². The molecule has 5 aliphatic heterocycles. The molecule has 2 bridgehead atoms. The lowest BCUT2D eigenvalue weighted by molar-refractivity contribution is -0.328. The van der Waals surface area contributed by atoms with Crippen LogP contribution < -0.4 is 0 Å². The fourth-order valence-corrected chi connectivity index (χ4v) is 10.0. The van der Waals surface area contributed by atoms with E-state index >= 15 is 4.79 Å². The van der Waals surface area contributed by atoms with Gasteiger partial charge in [-0.15, -0.1) is 0 Å². The molecule has 2 aliphatic carbocycles. The lowest BCUT2D eigenvalue weighted by Crippen LogP contribution is -2.63. The van der Waals surface area contributed by atoms with Gasteiger partial charge in [-0.2, -0.15) is 0 Å². The second-order valence-corrected chi connectivity index (χ2v) is 14.3. The number of carboxylic acids is 1. The monoisotopic (exact) mass is 586 g/mol. The Labute approximate surface area is 243 Å². The molecule has 2 spiro atoms. The second kappa shape index (κ2) is 8.51. The second-order valence-electron chi connectivity index (χ2n) is 14.3. The minimum Gasteiger partial charge on any atom is -0.481 e.